The van der Waals surface area contributed by atoms with Crippen molar-refractivity contribution in [2.45, 2.75) is 25.3 Å². The molecule has 1 aliphatic rings. The maximum absolute atomic E-state index is 5.73. The standard InChI is InChI=1S/C14H22N2OS/c1-17-14-5-3-2-4-12(14)13(16-15)10-11-6-8-18-9-7-11/h2-5,11,13,16H,6-10,15H2,1H3. The van der Waals surface area contributed by atoms with E-state index >= 15 is 0 Å². The van der Waals surface area contributed by atoms with Crippen LogP contribution < -0.4 is 16.0 Å². The second kappa shape index (κ2) is 7.02. The minimum absolute atomic E-state index is 0.189. The van der Waals surface area contributed by atoms with Crippen LogP contribution in [0.3, 0.4) is 0 Å². The number of nitrogens with one attached hydrogen (secondary N) is 1. The fourth-order valence-corrected chi connectivity index (χ4v) is 3.76. The molecule has 0 amide bonds. The Morgan fingerprint density at radius 3 is 2.78 bits per heavy atom. The second-order valence-corrected chi connectivity index (χ2v) is 5.98. The van der Waals surface area contributed by atoms with E-state index in [0.29, 0.717) is 0 Å². The van der Waals surface area contributed by atoms with Crippen molar-refractivity contribution < 1.29 is 4.74 Å². The summed E-state index contributed by atoms with van der Waals surface area (Å²) in [5.41, 5.74) is 4.12. The first-order valence-corrected chi connectivity index (χ1v) is 7.67. The summed E-state index contributed by atoms with van der Waals surface area (Å²) in [5, 5.41) is 0. The molecule has 0 spiro atoms. The Balaban J connectivity index is 2.07. The average Bonchev–Trinajstić information content (AvgIpc) is 2.46. The third-order valence-corrected chi connectivity index (χ3v) is 4.67. The van der Waals surface area contributed by atoms with Crippen LogP contribution in [0.2, 0.25) is 0 Å². The van der Waals surface area contributed by atoms with E-state index in [9.17, 15) is 0 Å². The maximum Gasteiger partial charge on any atom is 0.123 e. The molecule has 1 aromatic carbocycles. The van der Waals surface area contributed by atoms with Gasteiger partial charge in [-0.25, -0.2) is 0 Å². The van der Waals surface area contributed by atoms with Crippen molar-refractivity contribution in [2.24, 2.45) is 11.8 Å². The number of rotatable bonds is 5. The Labute approximate surface area is 113 Å². The first-order chi connectivity index (χ1) is 8.85. The van der Waals surface area contributed by atoms with Gasteiger partial charge < -0.3 is 4.74 Å². The molecular weight excluding hydrogens is 244 g/mol. The number of methoxy groups -OCH3 is 1. The van der Waals surface area contributed by atoms with E-state index in [4.69, 9.17) is 10.6 Å². The zero-order valence-electron chi connectivity index (χ0n) is 10.9. The Morgan fingerprint density at radius 1 is 1.39 bits per heavy atom. The summed E-state index contributed by atoms with van der Waals surface area (Å²) in [6, 6.07) is 8.32. The van der Waals surface area contributed by atoms with Crippen LogP contribution in [0.4, 0.5) is 0 Å². The highest BCUT2D eigenvalue weighted by atomic mass is 32.2. The number of hydrogen-bond acceptors (Lipinski definition) is 4. The maximum atomic E-state index is 5.73. The lowest BCUT2D eigenvalue weighted by molar-refractivity contribution is 0.355. The second-order valence-electron chi connectivity index (χ2n) is 4.75. The molecule has 1 saturated heterocycles. The van der Waals surface area contributed by atoms with Gasteiger partial charge in [-0.05, 0) is 42.8 Å². The fourth-order valence-electron chi connectivity index (χ4n) is 2.55. The molecule has 4 heteroatoms. The van der Waals surface area contributed by atoms with Crippen LogP contribution in [0, 0.1) is 5.92 Å². The van der Waals surface area contributed by atoms with Crippen LogP contribution in [0.5, 0.6) is 5.75 Å². The van der Waals surface area contributed by atoms with Crippen molar-refractivity contribution in [3.05, 3.63) is 29.8 Å². The fraction of sp³-hybridized carbons (Fsp3) is 0.571. The predicted molar refractivity (Wildman–Crippen MR) is 77.7 cm³/mol. The van der Waals surface area contributed by atoms with Gasteiger partial charge in [0, 0.05) is 11.6 Å². The van der Waals surface area contributed by atoms with Crippen LogP contribution in [0.1, 0.15) is 30.9 Å². The molecule has 1 aliphatic heterocycles. The highest BCUT2D eigenvalue weighted by molar-refractivity contribution is 7.99. The number of thioether (sulfide) groups is 1. The van der Waals surface area contributed by atoms with E-state index in [-0.39, 0.29) is 6.04 Å². The number of ether oxygens (including phenoxy) is 1. The number of nitrogens with two attached hydrogens (primary N) is 1. The van der Waals surface area contributed by atoms with Gasteiger partial charge >= 0.3 is 0 Å². The Morgan fingerprint density at radius 2 is 2.11 bits per heavy atom. The number of benzene rings is 1. The lowest BCUT2D eigenvalue weighted by Crippen LogP contribution is -2.30. The molecule has 100 valence electrons. The van der Waals surface area contributed by atoms with Crippen molar-refractivity contribution in [2.75, 3.05) is 18.6 Å². The molecule has 1 atom stereocenters. The average molecular weight is 266 g/mol. The van der Waals surface area contributed by atoms with E-state index in [2.05, 4.69) is 23.3 Å². The summed E-state index contributed by atoms with van der Waals surface area (Å²) in [6.07, 6.45) is 3.70. The SMILES string of the molecule is COc1ccccc1C(CC1CCSCC1)NN. The molecule has 0 aromatic heterocycles. The summed E-state index contributed by atoms with van der Waals surface area (Å²) < 4.78 is 5.42. The van der Waals surface area contributed by atoms with Gasteiger partial charge in [-0.2, -0.15) is 11.8 Å². The first-order valence-electron chi connectivity index (χ1n) is 6.52. The van der Waals surface area contributed by atoms with Gasteiger partial charge in [-0.15, -0.1) is 0 Å². The van der Waals surface area contributed by atoms with E-state index in [1.54, 1.807) is 7.11 Å². The Bertz CT molecular complexity index is 367. The minimum atomic E-state index is 0.189. The molecule has 1 unspecified atom stereocenters. The van der Waals surface area contributed by atoms with Gasteiger partial charge in [0.15, 0.2) is 0 Å². The summed E-state index contributed by atoms with van der Waals surface area (Å²) in [5.74, 6) is 10.0. The highest BCUT2D eigenvalue weighted by Crippen LogP contribution is 2.33. The van der Waals surface area contributed by atoms with Crippen molar-refractivity contribution >= 4 is 11.8 Å². The smallest absolute Gasteiger partial charge is 0.123 e. The predicted octanol–water partition coefficient (Wildman–Crippen LogP) is 2.73. The molecule has 2 rings (SSSR count). The molecule has 1 fully saturated rings. The zero-order valence-corrected chi connectivity index (χ0v) is 11.7. The topological polar surface area (TPSA) is 47.3 Å². The normalized spacial score (nSPS) is 18.6. The summed E-state index contributed by atoms with van der Waals surface area (Å²) >= 11 is 2.06. The lowest BCUT2D eigenvalue weighted by Gasteiger charge is -2.27. The monoisotopic (exact) mass is 266 g/mol. The van der Waals surface area contributed by atoms with E-state index in [1.807, 2.05) is 18.2 Å². The molecule has 1 heterocycles. The molecule has 0 saturated carbocycles. The number of hydrazine groups is 1. The molecule has 0 bridgehead atoms. The molecule has 0 aliphatic carbocycles. The van der Waals surface area contributed by atoms with E-state index < -0.39 is 0 Å². The Kier molecular flexibility index (Phi) is 5.35. The van der Waals surface area contributed by atoms with Crippen LogP contribution in [-0.4, -0.2) is 18.6 Å². The largest absolute Gasteiger partial charge is 0.496 e. The lowest BCUT2D eigenvalue weighted by atomic mass is 9.91. The van der Waals surface area contributed by atoms with Gasteiger partial charge in [0.2, 0.25) is 0 Å². The van der Waals surface area contributed by atoms with Gasteiger partial charge in [0.05, 0.1) is 7.11 Å². The van der Waals surface area contributed by atoms with Crippen LogP contribution >= 0.6 is 11.8 Å². The third-order valence-electron chi connectivity index (χ3n) is 3.63. The van der Waals surface area contributed by atoms with Crippen molar-refractivity contribution in [1.82, 2.24) is 5.43 Å². The van der Waals surface area contributed by atoms with Crippen molar-refractivity contribution in [3.63, 3.8) is 0 Å². The number of hydrogen-bond donors (Lipinski definition) is 2. The van der Waals surface area contributed by atoms with Gasteiger partial charge in [0.1, 0.15) is 5.75 Å². The van der Waals surface area contributed by atoms with Crippen LogP contribution in [-0.2, 0) is 0 Å². The number of para-hydroxylation sites is 1. The quantitative estimate of drug-likeness (QED) is 0.635. The molecule has 0 radical (unpaired) electrons. The summed E-state index contributed by atoms with van der Waals surface area (Å²) in [6.45, 7) is 0. The molecule has 1 aromatic rings. The highest BCUT2D eigenvalue weighted by Gasteiger charge is 2.21. The van der Waals surface area contributed by atoms with Gasteiger partial charge in [0.25, 0.3) is 0 Å². The van der Waals surface area contributed by atoms with Gasteiger partial charge in [-0.3, -0.25) is 11.3 Å². The minimum Gasteiger partial charge on any atom is -0.496 e. The summed E-state index contributed by atoms with van der Waals surface area (Å²) in [4.78, 5) is 0. The molecule has 3 N–H and O–H groups in total. The first kappa shape index (κ1) is 13.7. The third kappa shape index (κ3) is 3.40. The van der Waals surface area contributed by atoms with Gasteiger partial charge in [-0.1, -0.05) is 18.2 Å². The molecule has 3 nitrogen and oxygen atoms in total. The molecular formula is C14H22N2OS. The van der Waals surface area contributed by atoms with E-state index in [1.165, 1.54) is 29.9 Å². The van der Waals surface area contributed by atoms with Crippen LogP contribution in [0.25, 0.3) is 0 Å². The zero-order chi connectivity index (χ0) is 12.8. The van der Waals surface area contributed by atoms with E-state index in [0.717, 1.165) is 18.1 Å². The van der Waals surface area contributed by atoms with Crippen LogP contribution in [0.15, 0.2) is 24.3 Å². The van der Waals surface area contributed by atoms with Crippen molar-refractivity contribution in [1.29, 1.82) is 0 Å². The van der Waals surface area contributed by atoms with Crippen molar-refractivity contribution in [3.8, 4) is 5.75 Å². The summed E-state index contributed by atoms with van der Waals surface area (Å²) in [7, 11) is 1.71. The Hall–Kier alpha value is -0.710. The molecule has 18 heavy (non-hydrogen) atoms.